The van der Waals surface area contributed by atoms with Gasteiger partial charge in [0, 0.05) is 30.2 Å². The Morgan fingerprint density at radius 2 is 1.89 bits per heavy atom. The van der Waals surface area contributed by atoms with Gasteiger partial charge >= 0.3 is 13.1 Å². The minimum atomic E-state index is -1.55. The highest BCUT2D eigenvalue weighted by Gasteiger charge is 2.24. The number of imidazole rings is 1. The third-order valence-corrected chi connectivity index (χ3v) is 8.62. The molecular formula is C35H34BN3O7. The molecule has 11 heteroatoms. The van der Waals surface area contributed by atoms with Gasteiger partial charge in [-0.25, -0.2) is 14.8 Å². The molecule has 234 valence electrons. The van der Waals surface area contributed by atoms with Crippen molar-refractivity contribution >= 4 is 29.6 Å². The summed E-state index contributed by atoms with van der Waals surface area (Å²) in [5.41, 5.74) is 7.11. The van der Waals surface area contributed by atoms with Crippen LogP contribution in [0, 0.1) is 0 Å². The highest BCUT2D eigenvalue weighted by atomic mass is 16.5. The van der Waals surface area contributed by atoms with Crippen molar-refractivity contribution in [1.82, 2.24) is 14.5 Å². The predicted molar refractivity (Wildman–Crippen MR) is 172 cm³/mol. The fraction of sp³-hybridized carbons (Fsp3) is 0.286. The Labute approximate surface area is 266 Å². The molecule has 5 aromatic rings. The summed E-state index contributed by atoms with van der Waals surface area (Å²) in [6.45, 7) is 2.13. The highest BCUT2D eigenvalue weighted by molar-refractivity contribution is 6.58. The van der Waals surface area contributed by atoms with Crippen LogP contribution in [0.4, 0.5) is 0 Å². The molecule has 0 spiro atoms. The summed E-state index contributed by atoms with van der Waals surface area (Å²) in [5.74, 6) is 1.68. The lowest BCUT2D eigenvalue weighted by atomic mass is 9.78. The number of hydrogen-bond donors (Lipinski definition) is 2. The van der Waals surface area contributed by atoms with Crippen molar-refractivity contribution in [2.45, 2.75) is 44.9 Å². The van der Waals surface area contributed by atoms with E-state index in [0.717, 1.165) is 63.6 Å². The van der Waals surface area contributed by atoms with E-state index in [-0.39, 0.29) is 6.10 Å². The molecule has 7 rings (SSSR count). The maximum absolute atomic E-state index is 12.3. The third-order valence-electron chi connectivity index (χ3n) is 8.62. The van der Waals surface area contributed by atoms with Gasteiger partial charge in [-0.15, -0.1) is 0 Å². The molecule has 2 aromatic heterocycles. The van der Waals surface area contributed by atoms with Crippen LogP contribution in [0.2, 0.25) is 0 Å². The summed E-state index contributed by atoms with van der Waals surface area (Å²) in [4.78, 5) is 22.1. The van der Waals surface area contributed by atoms with Crippen molar-refractivity contribution in [3.63, 3.8) is 0 Å². The van der Waals surface area contributed by atoms with E-state index in [1.54, 1.807) is 12.1 Å². The fourth-order valence-corrected chi connectivity index (χ4v) is 5.99. The van der Waals surface area contributed by atoms with Gasteiger partial charge in [0.15, 0.2) is 0 Å². The molecule has 1 atom stereocenters. The lowest BCUT2D eigenvalue weighted by Crippen LogP contribution is -2.31. The van der Waals surface area contributed by atoms with E-state index in [1.165, 1.54) is 7.11 Å². The average Bonchev–Trinajstić information content (AvgIpc) is 3.39. The number of aryl methyl sites for hydroxylation is 1. The van der Waals surface area contributed by atoms with Gasteiger partial charge in [-0.1, -0.05) is 36.4 Å². The van der Waals surface area contributed by atoms with Gasteiger partial charge in [-0.05, 0) is 66.2 Å². The number of nitrogens with zero attached hydrogens (tertiary/aromatic N) is 3. The Kier molecular flexibility index (Phi) is 8.44. The molecule has 1 saturated heterocycles. The van der Waals surface area contributed by atoms with Crippen molar-refractivity contribution in [3.8, 4) is 22.9 Å². The first-order valence-electron chi connectivity index (χ1n) is 15.5. The van der Waals surface area contributed by atoms with Crippen LogP contribution in [0.1, 0.15) is 45.7 Å². The van der Waals surface area contributed by atoms with Crippen LogP contribution in [0.3, 0.4) is 0 Å². The molecule has 10 nitrogen and oxygen atoms in total. The Balaban J connectivity index is 1.24. The summed E-state index contributed by atoms with van der Waals surface area (Å²) in [6, 6.07) is 22.6. The summed E-state index contributed by atoms with van der Waals surface area (Å²) in [7, 11) is -0.172. The smallest absolute Gasteiger partial charge is 0.488 e. The van der Waals surface area contributed by atoms with Crippen LogP contribution in [0.25, 0.3) is 22.3 Å². The number of aromatic nitrogens is 3. The Hall–Kier alpha value is -4.71. The number of fused-ring (bicyclic) bond motifs is 7. The molecule has 0 amide bonds. The van der Waals surface area contributed by atoms with Gasteiger partial charge in [-0.3, -0.25) is 0 Å². The Morgan fingerprint density at radius 1 is 1.00 bits per heavy atom. The van der Waals surface area contributed by atoms with Gasteiger partial charge in [-0.2, -0.15) is 0 Å². The Bertz CT molecular complexity index is 1900. The van der Waals surface area contributed by atoms with Crippen LogP contribution in [-0.4, -0.2) is 64.1 Å². The second-order valence-corrected chi connectivity index (χ2v) is 11.6. The van der Waals surface area contributed by atoms with E-state index in [0.29, 0.717) is 55.9 Å². The highest BCUT2D eigenvalue weighted by Crippen LogP contribution is 2.31. The molecule has 2 aliphatic heterocycles. The van der Waals surface area contributed by atoms with Gasteiger partial charge in [0.1, 0.15) is 18.2 Å². The van der Waals surface area contributed by atoms with E-state index in [4.69, 9.17) is 28.9 Å². The third kappa shape index (κ3) is 6.21. The van der Waals surface area contributed by atoms with Crippen LogP contribution < -0.4 is 14.9 Å². The lowest BCUT2D eigenvalue weighted by molar-refractivity contribution is -0.0589. The number of rotatable bonds is 6. The van der Waals surface area contributed by atoms with E-state index in [9.17, 15) is 14.8 Å². The maximum atomic E-state index is 12.3. The van der Waals surface area contributed by atoms with Gasteiger partial charge in [0.2, 0.25) is 5.88 Å². The SMILES string of the molecule is COC(=O)c1ccc2nc(Cc3ccc4cc3OCCCc3cc(B(O)O)ccc3COc3cccc-4n3)n(C[C@@H]3CCO3)c2c1. The molecule has 4 heterocycles. The molecule has 0 saturated carbocycles. The zero-order chi connectivity index (χ0) is 31.6. The van der Waals surface area contributed by atoms with Gasteiger partial charge in [0.05, 0.1) is 48.7 Å². The maximum Gasteiger partial charge on any atom is 0.488 e. The molecule has 0 radical (unpaired) electrons. The zero-order valence-electron chi connectivity index (χ0n) is 25.5. The quantitative estimate of drug-likeness (QED) is 0.216. The summed E-state index contributed by atoms with van der Waals surface area (Å²) < 4.78 is 25.5. The number of methoxy groups -OCH3 is 1. The van der Waals surface area contributed by atoms with Crippen molar-refractivity contribution in [2.24, 2.45) is 0 Å². The lowest BCUT2D eigenvalue weighted by Gasteiger charge is -2.27. The van der Waals surface area contributed by atoms with Gasteiger partial charge in [0.25, 0.3) is 0 Å². The van der Waals surface area contributed by atoms with Crippen molar-refractivity contribution in [1.29, 1.82) is 0 Å². The van der Waals surface area contributed by atoms with Crippen molar-refractivity contribution in [2.75, 3.05) is 20.3 Å². The molecule has 0 aliphatic carbocycles. The van der Waals surface area contributed by atoms with E-state index in [1.807, 2.05) is 54.6 Å². The minimum Gasteiger partial charge on any atom is -0.493 e. The molecule has 2 aliphatic rings. The molecule has 4 bridgehead atoms. The molecule has 3 aromatic carbocycles. The van der Waals surface area contributed by atoms with Crippen LogP contribution in [0.15, 0.2) is 72.8 Å². The van der Waals surface area contributed by atoms with E-state index >= 15 is 0 Å². The molecular weight excluding hydrogens is 585 g/mol. The van der Waals surface area contributed by atoms with Crippen LogP contribution in [0.5, 0.6) is 11.6 Å². The Morgan fingerprint density at radius 3 is 2.70 bits per heavy atom. The largest absolute Gasteiger partial charge is 0.493 e. The predicted octanol–water partition coefficient (Wildman–Crippen LogP) is 3.85. The molecule has 0 unspecified atom stereocenters. The van der Waals surface area contributed by atoms with Crippen LogP contribution in [-0.2, 0) is 35.5 Å². The van der Waals surface area contributed by atoms with E-state index in [2.05, 4.69) is 10.6 Å². The second kappa shape index (κ2) is 13.0. The number of esters is 1. The summed E-state index contributed by atoms with van der Waals surface area (Å²) >= 11 is 0. The number of benzene rings is 3. The second-order valence-electron chi connectivity index (χ2n) is 11.6. The summed E-state index contributed by atoms with van der Waals surface area (Å²) in [5, 5.41) is 19.5. The first kappa shape index (κ1) is 30.0. The standard InChI is InChI=1S/C35H34BN3O7/c1-43-35(40)25-10-12-30-31(17-25)39(20-28-13-15-44-28)33(37-30)19-24-8-7-23-18-32(24)45-14-3-4-22-16-27(36(41)42)11-9-26(22)21-46-34-6-2-5-29(23)38-34/h2,5-12,16-18,28,41-42H,3-4,13-15,19-21H2,1H3/t28-/m0/s1. The zero-order valence-corrected chi connectivity index (χ0v) is 25.5. The molecule has 1 fully saturated rings. The number of carbonyl (C=O) groups excluding carboxylic acids is 1. The van der Waals surface area contributed by atoms with E-state index < -0.39 is 13.1 Å². The average molecular weight is 619 g/mol. The number of hydrogen-bond acceptors (Lipinski definition) is 9. The summed E-state index contributed by atoms with van der Waals surface area (Å²) in [6.07, 6.45) is 2.93. The topological polar surface area (TPSA) is 125 Å². The monoisotopic (exact) mass is 619 g/mol. The number of pyridine rings is 1. The van der Waals surface area contributed by atoms with Crippen molar-refractivity contribution in [3.05, 3.63) is 101 Å². The minimum absolute atomic E-state index is 0.0884. The number of ether oxygens (including phenoxy) is 4. The van der Waals surface area contributed by atoms with Gasteiger partial charge < -0.3 is 33.6 Å². The first-order valence-corrected chi connectivity index (χ1v) is 15.5. The molecule has 46 heavy (non-hydrogen) atoms. The fourth-order valence-electron chi connectivity index (χ4n) is 5.99. The normalized spacial score (nSPS) is 15.9. The molecule has 2 N–H and O–H groups in total. The van der Waals surface area contributed by atoms with Crippen LogP contribution >= 0.6 is 0 Å². The first-order chi connectivity index (χ1) is 22.4. The van der Waals surface area contributed by atoms with Crippen molar-refractivity contribution < 1.29 is 33.8 Å². The number of carbonyl (C=O) groups is 1.